The van der Waals surface area contributed by atoms with Gasteiger partial charge in [-0.2, -0.15) is 5.10 Å². The molecule has 0 radical (unpaired) electrons. The van der Waals surface area contributed by atoms with Gasteiger partial charge in [-0.3, -0.25) is 10.00 Å². The molecule has 2 aromatic rings. The Morgan fingerprint density at radius 3 is 2.52 bits per heavy atom. The first-order valence-electron chi connectivity index (χ1n) is 8.88. The van der Waals surface area contributed by atoms with Gasteiger partial charge >= 0.3 is 12.1 Å². The van der Waals surface area contributed by atoms with Crippen LogP contribution in [0.4, 0.5) is 21.1 Å². The largest absolute Gasteiger partial charge is 0.444 e. The van der Waals surface area contributed by atoms with E-state index in [0.29, 0.717) is 31.0 Å². The molecule has 0 saturated carbocycles. The van der Waals surface area contributed by atoms with Crippen molar-refractivity contribution in [3.63, 3.8) is 0 Å². The number of amides is 3. The molecule has 0 saturated heterocycles. The van der Waals surface area contributed by atoms with Crippen LogP contribution in [-0.2, 0) is 24.8 Å². The summed E-state index contributed by atoms with van der Waals surface area (Å²) in [4.78, 5) is 26.4. The van der Waals surface area contributed by atoms with Gasteiger partial charge in [0.1, 0.15) is 11.4 Å². The van der Waals surface area contributed by atoms with Crippen LogP contribution >= 0.6 is 0 Å². The van der Waals surface area contributed by atoms with Crippen LogP contribution in [0, 0.1) is 0 Å². The fraction of sp³-hybridized carbons (Fsp3) is 0.421. The van der Waals surface area contributed by atoms with Gasteiger partial charge in [0.05, 0.1) is 12.2 Å². The molecule has 2 N–H and O–H groups in total. The molecule has 8 nitrogen and oxygen atoms in total. The number of hydrogen-bond donors (Lipinski definition) is 2. The van der Waals surface area contributed by atoms with Crippen LogP contribution in [0.25, 0.3) is 0 Å². The maximum absolute atomic E-state index is 12.4. The molecule has 3 rings (SSSR count). The number of hydrogen-bond acceptors (Lipinski definition) is 4. The molecule has 2 heterocycles. The van der Waals surface area contributed by atoms with Crippen LogP contribution in [0.5, 0.6) is 0 Å². The fourth-order valence-corrected chi connectivity index (χ4v) is 2.93. The lowest BCUT2D eigenvalue weighted by atomic mass is 10.1. The monoisotopic (exact) mass is 371 g/mol. The third-order valence-electron chi connectivity index (χ3n) is 4.11. The summed E-state index contributed by atoms with van der Waals surface area (Å²) in [6, 6.07) is 8.83. The van der Waals surface area contributed by atoms with Crippen molar-refractivity contribution in [3.8, 4) is 0 Å². The van der Waals surface area contributed by atoms with Crippen LogP contribution in [0.1, 0.15) is 32.0 Å². The Labute approximate surface area is 158 Å². The molecule has 0 atom stereocenters. The van der Waals surface area contributed by atoms with Crippen molar-refractivity contribution in [2.75, 3.05) is 17.2 Å². The summed E-state index contributed by atoms with van der Waals surface area (Å²) in [5.41, 5.74) is 1.86. The van der Waals surface area contributed by atoms with Crippen molar-refractivity contribution >= 4 is 23.6 Å². The number of aryl methyl sites for hydroxylation is 1. The van der Waals surface area contributed by atoms with E-state index >= 15 is 0 Å². The van der Waals surface area contributed by atoms with Gasteiger partial charge < -0.3 is 15.0 Å². The quantitative estimate of drug-likeness (QED) is 0.847. The Morgan fingerprint density at radius 2 is 1.85 bits per heavy atom. The van der Waals surface area contributed by atoms with E-state index in [0.717, 1.165) is 11.3 Å². The number of aromatic nitrogens is 2. The standard InChI is InChI=1S/C19H25N5O3/c1-19(2,3)27-18(26)24-11-10-15-14(12-24)16(23(4)22-15)21-17(25)20-13-8-6-5-7-9-13/h5-9H,10-12H2,1-4H3,(H2,20,21,25). The number of para-hydroxylation sites is 1. The highest BCUT2D eigenvalue weighted by atomic mass is 16.6. The van der Waals surface area contributed by atoms with Gasteiger partial charge in [0.2, 0.25) is 0 Å². The average molecular weight is 371 g/mol. The number of nitrogens with one attached hydrogen (secondary N) is 2. The van der Waals surface area contributed by atoms with Gasteiger partial charge in [0.15, 0.2) is 0 Å². The number of benzene rings is 1. The summed E-state index contributed by atoms with van der Waals surface area (Å²) in [5.74, 6) is 0.576. The topological polar surface area (TPSA) is 88.5 Å². The Bertz CT molecular complexity index is 839. The van der Waals surface area contributed by atoms with Crippen molar-refractivity contribution in [3.05, 3.63) is 41.6 Å². The minimum Gasteiger partial charge on any atom is -0.444 e. The van der Waals surface area contributed by atoms with Crippen LogP contribution in [0.2, 0.25) is 0 Å². The SMILES string of the molecule is Cn1nc2c(c1NC(=O)Nc1ccccc1)CN(C(=O)OC(C)(C)C)CC2. The minimum absolute atomic E-state index is 0.346. The average Bonchev–Trinajstić information content (AvgIpc) is 2.89. The molecule has 1 aliphatic heterocycles. The smallest absolute Gasteiger partial charge is 0.410 e. The van der Waals surface area contributed by atoms with Crippen LogP contribution in [0.3, 0.4) is 0 Å². The minimum atomic E-state index is -0.553. The van der Waals surface area contributed by atoms with Gasteiger partial charge in [0.25, 0.3) is 0 Å². The summed E-state index contributed by atoms with van der Waals surface area (Å²) in [7, 11) is 1.77. The highest BCUT2D eigenvalue weighted by molar-refractivity contribution is 5.99. The zero-order chi connectivity index (χ0) is 19.6. The second-order valence-electron chi connectivity index (χ2n) is 7.49. The lowest BCUT2D eigenvalue weighted by Crippen LogP contribution is -2.40. The van der Waals surface area contributed by atoms with E-state index in [1.807, 2.05) is 51.1 Å². The molecule has 1 aromatic carbocycles. The van der Waals surface area contributed by atoms with E-state index in [9.17, 15) is 9.59 Å². The summed E-state index contributed by atoms with van der Waals surface area (Å²) < 4.78 is 7.09. The van der Waals surface area contributed by atoms with Crippen LogP contribution in [-0.4, -0.2) is 39.0 Å². The molecule has 0 unspecified atom stereocenters. The molecule has 0 bridgehead atoms. The zero-order valence-corrected chi connectivity index (χ0v) is 16.1. The molecular weight excluding hydrogens is 346 g/mol. The normalized spacial score (nSPS) is 13.7. The predicted octanol–water partition coefficient (Wildman–Crippen LogP) is 3.36. The summed E-state index contributed by atoms with van der Waals surface area (Å²) in [6.07, 6.45) is 0.251. The number of urea groups is 1. The summed E-state index contributed by atoms with van der Waals surface area (Å²) in [6.45, 7) is 6.40. The summed E-state index contributed by atoms with van der Waals surface area (Å²) in [5, 5.41) is 10.1. The zero-order valence-electron chi connectivity index (χ0n) is 16.1. The number of fused-ring (bicyclic) bond motifs is 1. The molecule has 0 spiro atoms. The fourth-order valence-electron chi connectivity index (χ4n) is 2.93. The number of anilines is 2. The molecule has 0 fully saturated rings. The number of nitrogens with zero attached hydrogens (tertiary/aromatic N) is 3. The number of ether oxygens (including phenoxy) is 1. The first-order chi connectivity index (χ1) is 12.7. The first-order valence-corrected chi connectivity index (χ1v) is 8.88. The molecule has 1 aliphatic rings. The summed E-state index contributed by atoms with van der Waals surface area (Å²) >= 11 is 0. The second kappa shape index (κ2) is 7.30. The van der Waals surface area contributed by atoms with Crippen molar-refractivity contribution in [1.29, 1.82) is 0 Å². The van der Waals surface area contributed by atoms with Crippen molar-refractivity contribution in [2.24, 2.45) is 7.05 Å². The molecule has 0 aliphatic carbocycles. The van der Waals surface area contributed by atoms with Gasteiger partial charge in [0, 0.05) is 31.3 Å². The molecule has 144 valence electrons. The van der Waals surface area contributed by atoms with Crippen molar-refractivity contribution in [2.45, 2.75) is 39.3 Å². The number of carbonyl (C=O) groups excluding carboxylic acids is 2. The lowest BCUT2D eigenvalue weighted by Gasteiger charge is -2.29. The third-order valence-corrected chi connectivity index (χ3v) is 4.11. The molecular formula is C19H25N5O3. The molecule has 3 amide bonds. The van der Waals surface area contributed by atoms with Crippen molar-refractivity contribution in [1.82, 2.24) is 14.7 Å². The van der Waals surface area contributed by atoms with E-state index in [4.69, 9.17) is 4.74 Å². The van der Waals surface area contributed by atoms with E-state index in [1.165, 1.54) is 0 Å². The van der Waals surface area contributed by atoms with E-state index in [-0.39, 0.29) is 12.1 Å². The van der Waals surface area contributed by atoms with Crippen LogP contribution in [0.15, 0.2) is 30.3 Å². The van der Waals surface area contributed by atoms with Gasteiger partial charge in [-0.05, 0) is 32.9 Å². The number of carbonyl (C=O) groups is 2. The van der Waals surface area contributed by atoms with Crippen molar-refractivity contribution < 1.29 is 14.3 Å². The van der Waals surface area contributed by atoms with E-state index in [1.54, 1.807) is 16.6 Å². The highest BCUT2D eigenvalue weighted by Crippen LogP contribution is 2.27. The first kappa shape index (κ1) is 18.8. The predicted molar refractivity (Wildman–Crippen MR) is 103 cm³/mol. The third kappa shape index (κ3) is 4.58. The maximum atomic E-state index is 12.4. The van der Waals surface area contributed by atoms with Gasteiger partial charge in [-0.1, -0.05) is 18.2 Å². The van der Waals surface area contributed by atoms with Crippen LogP contribution < -0.4 is 10.6 Å². The number of rotatable bonds is 2. The van der Waals surface area contributed by atoms with E-state index < -0.39 is 5.60 Å². The van der Waals surface area contributed by atoms with Gasteiger partial charge in [-0.15, -0.1) is 0 Å². The lowest BCUT2D eigenvalue weighted by molar-refractivity contribution is 0.0224. The Balaban J connectivity index is 1.73. The Hall–Kier alpha value is -3.03. The molecule has 1 aromatic heterocycles. The Kier molecular flexibility index (Phi) is 5.07. The van der Waals surface area contributed by atoms with E-state index in [2.05, 4.69) is 15.7 Å². The van der Waals surface area contributed by atoms with Gasteiger partial charge in [-0.25, -0.2) is 9.59 Å². The second-order valence-corrected chi connectivity index (χ2v) is 7.49. The molecule has 27 heavy (non-hydrogen) atoms. The molecule has 8 heteroatoms. The highest BCUT2D eigenvalue weighted by Gasteiger charge is 2.30. The Morgan fingerprint density at radius 1 is 1.15 bits per heavy atom. The maximum Gasteiger partial charge on any atom is 0.410 e.